The van der Waals surface area contributed by atoms with E-state index < -0.39 is 8.24 Å². The van der Waals surface area contributed by atoms with Crippen molar-refractivity contribution in [2.24, 2.45) is 0 Å². The van der Waals surface area contributed by atoms with Gasteiger partial charge >= 0.3 is 0 Å². The number of fused-ring (bicyclic) bond motifs is 1. The standard InChI is InChI=1S/C20H28N4Si/c1-5-11-20(24-19-15-10-9-14-18(19)21-22-24)23(25(2,3)4)16-17-12-7-6-8-13-17/h6-10,12-15,20H,5,11,16H2,1-4H3. The Bertz CT molecular complexity index is 807. The minimum Gasteiger partial charge on any atom is -0.300 e. The van der Waals surface area contributed by atoms with E-state index in [1.54, 1.807) is 0 Å². The molecule has 0 saturated carbocycles. The van der Waals surface area contributed by atoms with Gasteiger partial charge < -0.3 is 0 Å². The lowest BCUT2D eigenvalue weighted by Gasteiger charge is -2.40. The number of benzene rings is 2. The summed E-state index contributed by atoms with van der Waals surface area (Å²) in [5, 5.41) is 8.93. The zero-order valence-corrected chi connectivity index (χ0v) is 16.7. The molecule has 1 heterocycles. The normalized spacial score (nSPS) is 13.5. The average molecular weight is 353 g/mol. The van der Waals surface area contributed by atoms with Gasteiger partial charge in [0.15, 0.2) is 0 Å². The van der Waals surface area contributed by atoms with Gasteiger partial charge in [0.2, 0.25) is 0 Å². The topological polar surface area (TPSA) is 34.0 Å². The summed E-state index contributed by atoms with van der Waals surface area (Å²) in [7, 11) is -1.57. The summed E-state index contributed by atoms with van der Waals surface area (Å²) in [5.74, 6) is 0. The van der Waals surface area contributed by atoms with Crippen LogP contribution in [0.3, 0.4) is 0 Å². The van der Waals surface area contributed by atoms with Crippen LogP contribution in [0.25, 0.3) is 11.0 Å². The van der Waals surface area contributed by atoms with Crippen LogP contribution in [0.1, 0.15) is 31.5 Å². The lowest BCUT2D eigenvalue weighted by molar-refractivity contribution is 0.201. The maximum Gasteiger partial charge on any atom is 0.122 e. The van der Waals surface area contributed by atoms with Gasteiger partial charge in [0.05, 0.1) is 5.52 Å². The van der Waals surface area contributed by atoms with Gasteiger partial charge in [-0.2, -0.15) is 0 Å². The molecular weight excluding hydrogens is 324 g/mol. The van der Waals surface area contributed by atoms with Gasteiger partial charge in [-0.15, -0.1) is 5.10 Å². The molecule has 1 aromatic heterocycles. The van der Waals surface area contributed by atoms with E-state index in [1.165, 1.54) is 5.56 Å². The molecule has 0 aliphatic rings. The van der Waals surface area contributed by atoms with Crippen LogP contribution in [0.15, 0.2) is 54.6 Å². The van der Waals surface area contributed by atoms with E-state index in [0.717, 1.165) is 30.4 Å². The Balaban J connectivity index is 2.03. The van der Waals surface area contributed by atoms with Gasteiger partial charge in [-0.3, -0.25) is 4.57 Å². The van der Waals surface area contributed by atoms with E-state index in [0.29, 0.717) is 0 Å². The quantitative estimate of drug-likeness (QED) is 0.557. The molecule has 5 heteroatoms. The van der Waals surface area contributed by atoms with Crippen LogP contribution in [0.4, 0.5) is 0 Å². The SMILES string of the molecule is CCCC(N(Cc1ccccc1)[Si](C)(C)C)n1nnc2ccccc21. The van der Waals surface area contributed by atoms with Crippen LogP contribution in [-0.4, -0.2) is 27.8 Å². The van der Waals surface area contributed by atoms with Crippen molar-refractivity contribution < 1.29 is 0 Å². The van der Waals surface area contributed by atoms with Crippen LogP contribution < -0.4 is 0 Å². The summed E-state index contributed by atoms with van der Waals surface area (Å²) in [5.41, 5.74) is 3.45. The van der Waals surface area contributed by atoms with Crippen molar-refractivity contribution in [2.45, 2.75) is 52.1 Å². The second-order valence-corrected chi connectivity index (χ2v) is 12.5. The summed E-state index contributed by atoms with van der Waals surface area (Å²) >= 11 is 0. The first kappa shape index (κ1) is 17.8. The second kappa shape index (κ2) is 7.50. The fourth-order valence-corrected chi connectivity index (χ4v) is 5.13. The first-order chi connectivity index (χ1) is 12.0. The first-order valence-corrected chi connectivity index (χ1v) is 12.6. The fourth-order valence-electron chi connectivity index (χ4n) is 3.35. The lowest BCUT2D eigenvalue weighted by atomic mass is 10.2. The van der Waals surface area contributed by atoms with E-state index in [4.69, 9.17) is 0 Å². The largest absolute Gasteiger partial charge is 0.300 e. The Morgan fingerprint density at radius 3 is 2.36 bits per heavy atom. The monoisotopic (exact) mass is 352 g/mol. The van der Waals surface area contributed by atoms with E-state index >= 15 is 0 Å². The highest BCUT2D eigenvalue weighted by Gasteiger charge is 2.32. The smallest absolute Gasteiger partial charge is 0.122 e. The van der Waals surface area contributed by atoms with Crippen LogP contribution in [0.5, 0.6) is 0 Å². The van der Waals surface area contributed by atoms with Crippen molar-refractivity contribution in [3.05, 3.63) is 60.2 Å². The highest BCUT2D eigenvalue weighted by atomic mass is 28.3. The maximum atomic E-state index is 4.54. The third kappa shape index (κ3) is 3.99. The third-order valence-corrected chi connectivity index (χ3v) is 6.80. The maximum absolute atomic E-state index is 4.54. The summed E-state index contributed by atoms with van der Waals surface area (Å²) in [6.07, 6.45) is 2.43. The average Bonchev–Trinajstić information content (AvgIpc) is 3.02. The fraction of sp³-hybridized carbons (Fsp3) is 0.400. The number of aromatic nitrogens is 3. The Kier molecular flexibility index (Phi) is 5.35. The van der Waals surface area contributed by atoms with Crippen LogP contribution in [-0.2, 0) is 6.54 Å². The molecule has 3 rings (SSSR count). The van der Waals surface area contributed by atoms with Crippen LogP contribution >= 0.6 is 0 Å². The molecule has 1 atom stereocenters. The highest BCUT2D eigenvalue weighted by Crippen LogP contribution is 2.29. The van der Waals surface area contributed by atoms with Gasteiger partial charge in [-0.25, -0.2) is 4.68 Å². The summed E-state index contributed by atoms with van der Waals surface area (Å²) < 4.78 is 4.81. The number of nitrogens with zero attached hydrogens (tertiary/aromatic N) is 4. The van der Waals surface area contributed by atoms with E-state index in [9.17, 15) is 0 Å². The molecule has 1 unspecified atom stereocenters. The molecule has 132 valence electrons. The Hall–Kier alpha value is -1.98. The van der Waals surface area contributed by atoms with Gasteiger partial charge in [0.25, 0.3) is 0 Å². The minimum atomic E-state index is -1.57. The molecule has 0 amide bonds. The first-order valence-electron chi connectivity index (χ1n) is 9.11. The molecule has 0 spiro atoms. The van der Waals surface area contributed by atoms with Gasteiger partial charge in [-0.1, -0.05) is 80.7 Å². The molecule has 0 N–H and O–H groups in total. The summed E-state index contributed by atoms with van der Waals surface area (Å²) in [6.45, 7) is 10.4. The molecule has 0 fully saturated rings. The molecule has 3 aromatic rings. The molecule has 4 nitrogen and oxygen atoms in total. The predicted molar refractivity (Wildman–Crippen MR) is 107 cm³/mol. The highest BCUT2D eigenvalue weighted by molar-refractivity contribution is 6.73. The molecule has 2 aromatic carbocycles. The van der Waals surface area contributed by atoms with E-state index in [2.05, 4.69) is 88.6 Å². The number of para-hydroxylation sites is 1. The third-order valence-electron chi connectivity index (χ3n) is 4.62. The Morgan fingerprint density at radius 1 is 1.00 bits per heavy atom. The molecule has 0 bridgehead atoms. The Morgan fingerprint density at radius 2 is 1.68 bits per heavy atom. The number of hydrogen-bond acceptors (Lipinski definition) is 3. The number of rotatable bonds is 7. The zero-order valence-electron chi connectivity index (χ0n) is 15.7. The second-order valence-electron chi connectivity index (χ2n) is 7.58. The van der Waals surface area contributed by atoms with Crippen molar-refractivity contribution in [2.75, 3.05) is 0 Å². The van der Waals surface area contributed by atoms with Crippen molar-refractivity contribution >= 4 is 19.3 Å². The Labute approximate surface area is 151 Å². The van der Waals surface area contributed by atoms with E-state index in [-0.39, 0.29) is 6.17 Å². The molecular formula is C20H28N4Si. The van der Waals surface area contributed by atoms with Crippen molar-refractivity contribution in [3.63, 3.8) is 0 Å². The molecule has 25 heavy (non-hydrogen) atoms. The predicted octanol–water partition coefficient (Wildman–Crippen LogP) is 5.07. The minimum absolute atomic E-state index is 0.240. The van der Waals surface area contributed by atoms with Crippen molar-refractivity contribution in [1.82, 2.24) is 19.6 Å². The number of hydrogen-bond donors (Lipinski definition) is 0. The van der Waals surface area contributed by atoms with Crippen molar-refractivity contribution in [3.8, 4) is 0 Å². The van der Waals surface area contributed by atoms with Gasteiger partial charge in [-0.05, 0) is 24.1 Å². The molecule has 0 saturated heterocycles. The van der Waals surface area contributed by atoms with Crippen molar-refractivity contribution in [1.29, 1.82) is 0 Å². The molecule has 0 radical (unpaired) electrons. The van der Waals surface area contributed by atoms with Gasteiger partial charge in [0, 0.05) is 6.54 Å². The summed E-state index contributed by atoms with van der Waals surface area (Å²) in [6, 6.07) is 19.0. The zero-order chi connectivity index (χ0) is 17.9. The summed E-state index contributed by atoms with van der Waals surface area (Å²) in [4.78, 5) is 0. The van der Waals surface area contributed by atoms with Crippen LogP contribution in [0.2, 0.25) is 19.6 Å². The molecule has 0 aliphatic carbocycles. The molecule has 0 aliphatic heterocycles. The lowest BCUT2D eigenvalue weighted by Crippen LogP contribution is -2.49. The van der Waals surface area contributed by atoms with Gasteiger partial charge in [0.1, 0.15) is 19.9 Å². The van der Waals surface area contributed by atoms with E-state index in [1.807, 2.05) is 12.1 Å². The van der Waals surface area contributed by atoms with Crippen LogP contribution in [0, 0.1) is 0 Å².